The molecule has 0 unspecified atom stereocenters. The zero-order valence-corrected chi connectivity index (χ0v) is 10.1. The van der Waals surface area contributed by atoms with Gasteiger partial charge in [-0.3, -0.25) is 9.59 Å². The summed E-state index contributed by atoms with van der Waals surface area (Å²) < 4.78 is 13.2. The predicted octanol–water partition coefficient (Wildman–Crippen LogP) is 0.863. The van der Waals surface area contributed by atoms with Gasteiger partial charge in [-0.1, -0.05) is 6.92 Å². The maximum atomic E-state index is 13.2. The van der Waals surface area contributed by atoms with Crippen molar-refractivity contribution in [3.05, 3.63) is 29.6 Å². The molecule has 4 N–H and O–H groups in total. The third-order valence-corrected chi connectivity index (χ3v) is 2.23. The number of carbonyl (C=O) groups excluding carboxylic acids is 2. The number of carbonyl (C=O) groups is 2. The minimum Gasteiger partial charge on any atom is -0.366 e. The van der Waals surface area contributed by atoms with Gasteiger partial charge in [0.2, 0.25) is 5.91 Å². The number of primary amides is 1. The van der Waals surface area contributed by atoms with Crippen molar-refractivity contribution in [2.45, 2.75) is 13.3 Å². The second kappa shape index (κ2) is 6.70. The van der Waals surface area contributed by atoms with Gasteiger partial charge in [-0.05, 0) is 31.2 Å². The molecule has 5 nitrogen and oxygen atoms in total. The van der Waals surface area contributed by atoms with E-state index < -0.39 is 11.7 Å². The maximum absolute atomic E-state index is 13.2. The molecule has 0 aliphatic heterocycles. The molecular formula is C12H16FN3O2. The standard InChI is InChI=1S/C12H16FN3O2/c1-2-5-15-7-11(17)16-8-3-4-10(13)9(6-8)12(14)18/h3-4,6,15H,2,5,7H2,1H3,(H2,14,18)(H,16,17). The molecule has 0 fully saturated rings. The topological polar surface area (TPSA) is 84.2 Å². The molecule has 98 valence electrons. The maximum Gasteiger partial charge on any atom is 0.251 e. The summed E-state index contributed by atoms with van der Waals surface area (Å²) >= 11 is 0. The smallest absolute Gasteiger partial charge is 0.251 e. The van der Waals surface area contributed by atoms with Gasteiger partial charge in [0.15, 0.2) is 0 Å². The van der Waals surface area contributed by atoms with Crippen molar-refractivity contribution in [1.29, 1.82) is 0 Å². The van der Waals surface area contributed by atoms with Crippen molar-refractivity contribution in [2.24, 2.45) is 5.73 Å². The second-order valence-electron chi connectivity index (χ2n) is 3.78. The molecule has 0 saturated heterocycles. The van der Waals surface area contributed by atoms with Crippen molar-refractivity contribution in [3.63, 3.8) is 0 Å². The Bertz CT molecular complexity index is 449. The van der Waals surface area contributed by atoms with Crippen molar-refractivity contribution in [3.8, 4) is 0 Å². The summed E-state index contributed by atoms with van der Waals surface area (Å²) in [6.07, 6.45) is 0.926. The average Bonchev–Trinajstić information content (AvgIpc) is 2.31. The van der Waals surface area contributed by atoms with Crippen LogP contribution in [-0.2, 0) is 4.79 Å². The fourth-order valence-electron chi connectivity index (χ4n) is 1.38. The van der Waals surface area contributed by atoms with Crippen LogP contribution in [0.2, 0.25) is 0 Å². The summed E-state index contributed by atoms with van der Waals surface area (Å²) in [5.74, 6) is -1.83. The van der Waals surface area contributed by atoms with Crippen molar-refractivity contribution >= 4 is 17.5 Å². The van der Waals surface area contributed by atoms with E-state index >= 15 is 0 Å². The van der Waals surface area contributed by atoms with Crippen LogP contribution < -0.4 is 16.4 Å². The fourth-order valence-corrected chi connectivity index (χ4v) is 1.38. The lowest BCUT2D eigenvalue weighted by Crippen LogP contribution is -2.28. The van der Waals surface area contributed by atoms with Gasteiger partial charge in [0.25, 0.3) is 5.91 Å². The van der Waals surface area contributed by atoms with E-state index in [4.69, 9.17) is 5.73 Å². The van der Waals surface area contributed by atoms with E-state index in [1.165, 1.54) is 12.1 Å². The van der Waals surface area contributed by atoms with Crippen LogP contribution in [0.3, 0.4) is 0 Å². The lowest BCUT2D eigenvalue weighted by molar-refractivity contribution is -0.115. The van der Waals surface area contributed by atoms with E-state index in [-0.39, 0.29) is 18.0 Å². The van der Waals surface area contributed by atoms with Crippen LogP contribution in [0.25, 0.3) is 0 Å². The molecule has 0 heterocycles. The third-order valence-electron chi connectivity index (χ3n) is 2.23. The van der Waals surface area contributed by atoms with E-state index in [0.29, 0.717) is 5.69 Å². The molecule has 1 rings (SSSR count). The lowest BCUT2D eigenvalue weighted by Gasteiger charge is -2.07. The van der Waals surface area contributed by atoms with Gasteiger partial charge in [0.05, 0.1) is 12.1 Å². The third kappa shape index (κ3) is 4.14. The summed E-state index contributed by atoms with van der Waals surface area (Å²) in [5.41, 5.74) is 5.11. The average molecular weight is 253 g/mol. The molecule has 0 aliphatic rings. The van der Waals surface area contributed by atoms with Crippen LogP contribution in [0.15, 0.2) is 18.2 Å². The number of nitrogens with two attached hydrogens (primary N) is 1. The molecule has 0 saturated carbocycles. The van der Waals surface area contributed by atoms with Gasteiger partial charge in [-0.2, -0.15) is 0 Å². The Kier molecular flexibility index (Phi) is 5.26. The summed E-state index contributed by atoms with van der Waals surface area (Å²) in [6.45, 7) is 2.89. The number of halogens is 1. The number of hydrogen-bond donors (Lipinski definition) is 3. The van der Waals surface area contributed by atoms with E-state index in [2.05, 4.69) is 10.6 Å². The predicted molar refractivity (Wildman–Crippen MR) is 66.7 cm³/mol. The molecule has 0 aliphatic carbocycles. The highest BCUT2D eigenvalue weighted by atomic mass is 19.1. The van der Waals surface area contributed by atoms with E-state index in [1.807, 2.05) is 6.92 Å². The first-order valence-electron chi connectivity index (χ1n) is 5.64. The molecule has 0 bridgehead atoms. The molecule has 0 atom stereocenters. The summed E-state index contributed by atoms with van der Waals surface area (Å²) in [6, 6.07) is 3.68. The quantitative estimate of drug-likeness (QED) is 0.657. The molecule has 0 aromatic heterocycles. The SMILES string of the molecule is CCCNCC(=O)Nc1ccc(F)c(C(N)=O)c1. The minimum atomic E-state index is -0.868. The van der Waals surface area contributed by atoms with Gasteiger partial charge < -0.3 is 16.4 Å². The highest BCUT2D eigenvalue weighted by Crippen LogP contribution is 2.14. The largest absolute Gasteiger partial charge is 0.366 e. The van der Waals surface area contributed by atoms with Gasteiger partial charge in [-0.25, -0.2) is 4.39 Å². The van der Waals surface area contributed by atoms with Crippen LogP contribution in [0, 0.1) is 5.82 Å². The van der Waals surface area contributed by atoms with Crippen LogP contribution in [0.1, 0.15) is 23.7 Å². The minimum absolute atomic E-state index is 0.164. The molecular weight excluding hydrogens is 237 g/mol. The van der Waals surface area contributed by atoms with Crippen LogP contribution in [-0.4, -0.2) is 24.9 Å². The second-order valence-corrected chi connectivity index (χ2v) is 3.78. The Labute approximate surface area is 105 Å². The molecule has 0 radical (unpaired) electrons. The van der Waals surface area contributed by atoms with Crippen molar-refractivity contribution in [2.75, 3.05) is 18.4 Å². The molecule has 2 amide bonds. The Balaban J connectivity index is 2.65. The zero-order valence-electron chi connectivity index (χ0n) is 10.1. The number of hydrogen-bond acceptors (Lipinski definition) is 3. The van der Waals surface area contributed by atoms with E-state index in [9.17, 15) is 14.0 Å². The first-order chi connectivity index (χ1) is 8.54. The van der Waals surface area contributed by atoms with Crippen molar-refractivity contribution < 1.29 is 14.0 Å². The van der Waals surface area contributed by atoms with Crippen LogP contribution in [0.4, 0.5) is 10.1 Å². The Morgan fingerprint density at radius 2 is 2.11 bits per heavy atom. The molecule has 1 aromatic carbocycles. The van der Waals surface area contributed by atoms with E-state index in [0.717, 1.165) is 19.0 Å². The van der Waals surface area contributed by atoms with Gasteiger partial charge in [0, 0.05) is 5.69 Å². The fraction of sp³-hybridized carbons (Fsp3) is 0.333. The Morgan fingerprint density at radius 3 is 2.72 bits per heavy atom. The highest BCUT2D eigenvalue weighted by Gasteiger charge is 2.10. The van der Waals surface area contributed by atoms with Crippen LogP contribution >= 0.6 is 0 Å². The lowest BCUT2D eigenvalue weighted by atomic mass is 10.2. The molecule has 1 aromatic rings. The zero-order chi connectivity index (χ0) is 13.5. The number of rotatable bonds is 6. The van der Waals surface area contributed by atoms with E-state index in [1.54, 1.807) is 0 Å². The molecule has 18 heavy (non-hydrogen) atoms. The number of amides is 2. The van der Waals surface area contributed by atoms with Gasteiger partial charge >= 0.3 is 0 Å². The summed E-state index contributed by atoms with van der Waals surface area (Å²) in [4.78, 5) is 22.4. The van der Waals surface area contributed by atoms with Crippen molar-refractivity contribution in [1.82, 2.24) is 5.32 Å². The van der Waals surface area contributed by atoms with Gasteiger partial charge in [-0.15, -0.1) is 0 Å². The van der Waals surface area contributed by atoms with Crippen LogP contribution in [0.5, 0.6) is 0 Å². The Hall–Kier alpha value is -1.95. The Morgan fingerprint density at radius 1 is 1.39 bits per heavy atom. The first-order valence-corrected chi connectivity index (χ1v) is 5.64. The molecule has 6 heteroatoms. The first kappa shape index (κ1) is 14.1. The summed E-state index contributed by atoms with van der Waals surface area (Å²) in [5, 5.41) is 5.47. The highest BCUT2D eigenvalue weighted by molar-refractivity contribution is 5.97. The monoisotopic (exact) mass is 253 g/mol. The number of anilines is 1. The number of benzene rings is 1. The molecule has 0 spiro atoms. The normalized spacial score (nSPS) is 10.1. The summed E-state index contributed by atoms with van der Waals surface area (Å²) in [7, 11) is 0. The van der Waals surface area contributed by atoms with Gasteiger partial charge in [0.1, 0.15) is 5.82 Å². The number of nitrogens with one attached hydrogen (secondary N) is 2.